The first-order valence-electron chi connectivity index (χ1n) is 10.4. The zero-order valence-electron chi connectivity index (χ0n) is 17.8. The predicted octanol–water partition coefficient (Wildman–Crippen LogP) is 4.38. The van der Waals surface area contributed by atoms with E-state index in [0.717, 1.165) is 22.8 Å². The molecule has 0 saturated carbocycles. The van der Waals surface area contributed by atoms with Crippen LogP contribution < -0.4 is 10.2 Å². The Morgan fingerprint density at radius 3 is 2.32 bits per heavy atom. The monoisotopic (exact) mass is 435 g/mol. The summed E-state index contributed by atoms with van der Waals surface area (Å²) < 4.78 is 0. The number of nitrogens with one attached hydrogen (secondary N) is 1. The summed E-state index contributed by atoms with van der Waals surface area (Å²) in [4.78, 5) is 26.0. The molecule has 0 radical (unpaired) electrons. The van der Waals surface area contributed by atoms with Crippen molar-refractivity contribution in [3.05, 3.63) is 76.4 Å². The summed E-state index contributed by atoms with van der Waals surface area (Å²) in [6.45, 7) is 6.77. The van der Waals surface area contributed by atoms with Gasteiger partial charge in [-0.15, -0.1) is 0 Å². The number of rotatable bonds is 5. The average Bonchev–Trinajstić information content (AvgIpc) is 2.77. The van der Waals surface area contributed by atoms with Crippen LogP contribution in [0.2, 0.25) is 5.02 Å². The first-order chi connectivity index (χ1) is 15.0. The zero-order chi connectivity index (χ0) is 21.8. The number of carbonyl (C=O) groups is 1. The number of piperazine rings is 1. The lowest BCUT2D eigenvalue weighted by Gasteiger charge is -2.35. The average molecular weight is 436 g/mol. The van der Waals surface area contributed by atoms with Crippen molar-refractivity contribution in [3.63, 3.8) is 0 Å². The van der Waals surface area contributed by atoms with Gasteiger partial charge in [-0.25, -0.2) is 4.98 Å². The standard InChI is InChI=1S/C24H26ClN5O/c1-17-3-9-21(10-4-17)27-22-15-18(2)26-24(28-22)30-13-11-29(12-14-30)23(31)16-19-5-7-20(25)8-6-19/h3-10,15H,11-14,16H2,1-2H3,(H,26,27,28). The Morgan fingerprint density at radius 2 is 1.65 bits per heavy atom. The van der Waals surface area contributed by atoms with Gasteiger partial charge in [0, 0.05) is 48.6 Å². The van der Waals surface area contributed by atoms with Crippen LogP contribution in [0, 0.1) is 13.8 Å². The van der Waals surface area contributed by atoms with Gasteiger partial charge in [0.1, 0.15) is 5.82 Å². The number of nitrogens with zero attached hydrogens (tertiary/aromatic N) is 4. The molecule has 0 bridgehead atoms. The highest BCUT2D eigenvalue weighted by atomic mass is 35.5. The quantitative estimate of drug-likeness (QED) is 0.644. The van der Waals surface area contributed by atoms with E-state index in [0.29, 0.717) is 43.6 Å². The molecule has 0 atom stereocenters. The van der Waals surface area contributed by atoms with E-state index in [-0.39, 0.29) is 5.91 Å². The number of aryl methyl sites for hydroxylation is 2. The van der Waals surface area contributed by atoms with E-state index >= 15 is 0 Å². The first-order valence-corrected chi connectivity index (χ1v) is 10.8. The summed E-state index contributed by atoms with van der Waals surface area (Å²) in [6, 6.07) is 17.6. The van der Waals surface area contributed by atoms with E-state index in [4.69, 9.17) is 16.6 Å². The van der Waals surface area contributed by atoms with Crippen molar-refractivity contribution in [2.45, 2.75) is 20.3 Å². The van der Waals surface area contributed by atoms with E-state index in [9.17, 15) is 4.79 Å². The molecular weight excluding hydrogens is 410 g/mol. The van der Waals surface area contributed by atoms with E-state index in [2.05, 4.69) is 34.3 Å². The molecule has 0 unspecified atom stereocenters. The summed E-state index contributed by atoms with van der Waals surface area (Å²) in [5.74, 6) is 1.60. The summed E-state index contributed by atoms with van der Waals surface area (Å²) in [7, 11) is 0. The molecule has 0 aliphatic carbocycles. The molecule has 4 rings (SSSR count). The molecule has 1 amide bonds. The van der Waals surface area contributed by atoms with Gasteiger partial charge in [-0.3, -0.25) is 4.79 Å². The van der Waals surface area contributed by atoms with Gasteiger partial charge in [-0.2, -0.15) is 4.98 Å². The van der Waals surface area contributed by atoms with E-state index < -0.39 is 0 Å². The lowest BCUT2D eigenvalue weighted by Crippen LogP contribution is -2.49. The predicted molar refractivity (Wildman–Crippen MR) is 125 cm³/mol. The maximum absolute atomic E-state index is 12.7. The summed E-state index contributed by atoms with van der Waals surface area (Å²) in [5, 5.41) is 4.04. The van der Waals surface area contributed by atoms with Gasteiger partial charge in [-0.1, -0.05) is 41.4 Å². The molecule has 1 aliphatic rings. The van der Waals surface area contributed by atoms with Gasteiger partial charge in [0.25, 0.3) is 0 Å². The fraction of sp³-hybridized carbons (Fsp3) is 0.292. The van der Waals surface area contributed by atoms with Crippen LogP contribution in [0.25, 0.3) is 0 Å². The smallest absolute Gasteiger partial charge is 0.227 e. The minimum atomic E-state index is 0.133. The molecular formula is C24H26ClN5O. The molecule has 0 spiro atoms. The molecule has 1 N–H and O–H groups in total. The topological polar surface area (TPSA) is 61.4 Å². The van der Waals surface area contributed by atoms with Gasteiger partial charge in [0.2, 0.25) is 11.9 Å². The number of hydrogen-bond acceptors (Lipinski definition) is 5. The van der Waals surface area contributed by atoms with Crippen LogP contribution in [0.3, 0.4) is 0 Å². The van der Waals surface area contributed by atoms with Crippen molar-refractivity contribution >= 4 is 35.0 Å². The van der Waals surface area contributed by atoms with Crippen LogP contribution in [0.5, 0.6) is 0 Å². The van der Waals surface area contributed by atoms with Crippen LogP contribution in [0.1, 0.15) is 16.8 Å². The Morgan fingerprint density at radius 1 is 0.968 bits per heavy atom. The highest BCUT2D eigenvalue weighted by Gasteiger charge is 2.23. The second kappa shape index (κ2) is 9.35. The first kappa shape index (κ1) is 21.1. The number of amides is 1. The number of halogens is 1. The normalized spacial score (nSPS) is 13.9. The van der Waals surface area contributed by atoms with Crippen molar-refractivity contribution in [2.24, 2.45) is 0 Å². The van der Waals surface area contributed by atoms with Crippen LogP contribution in [-0.4, -0.2) is 47.0 Å². The highest BCUT2D eigenvalue weighted by Crippen LogP contribution is 2.20. The van der Waals surface area contributed by atoms with Gasteiger partial charge < -0.3 is 15.1 Å². The number of hydrogen-bond donors (Lipinski definition) is 1. The summed E-state index contributed by atoms with van der Waals surface area (Å²) in [5.41, 5.74) is 4.09. The summed E-state index contributed by atoms with van der Waals surface area (Å²) in [6.07, 6.45) is 0.392. The Bertz CT molecular complexity index is 1040. The molecule has 6 nitrogen and oxygen atoms in total. The Labute approximate surface area is 187 Å². The fourth-order valence-corrected chi connectivity index (χ4v) is 3.71. The van der Waals surface area contributed by atoms with Crippen LogP contribution in [-0.2, 0) is 11.2 Å². The van der Waals surface area contributed by atoms with Crippen LogP contribution in [0.4, 0.5) is 17.5 Å². The summed E-state index contributed by atoms with van der Waals surface area (Å²) >= 11 is 5.93. The van der Waals surface area contributed by atoms with Crippen molar-refractivity contribution in [3.8, 4) is 0 Å². The molecule has 2 aromatic carbocycles. The molecule has 1 saturated heterocycles. The second-order valence-electron chi connectivity index (χ2n) is 7.86. The van der Waals surface area contributed by atoms with E-state index in [1.165, 1.54) is 5.56 Å². The zero-order valence-corrected chi connectivity index (χ0v) is 18.6. The minimum Gasteiger partial charge on any atom is -0.340 e. The lowest BCUT2D eigenvalue weighted by molar-refractivity contribution is -0.130. The van der Waals surface area contributed by atoms with Crippen LogP contribution >= 0.6 is 11.6 Å². The molecule has 160 valence electrons. The third kappa shape index (κ3) is 5.52. The molecule has 3 aromatic rings. The van der Waals surface area contributed by atoms with Crippen LogP contribution in [0.15, 0.2) is 54.6 Å². The molecule has 31 heavy (non-hydrogen) atoms. The highest BCUT2D eigenvalue weighted by molar-refractivity contribution is 6.30. The van der Waals surface area contributed by atoms with E-state index in [1.807, 2.05) is 54.3 Å². The Kier molecular flexibility index (Phi) is 6.37. The van der Waals surface area contributed by atoms with Crippen molar-refractivity contribution in [1.82, 2.24) is 14.9 Å². The molecule has 1 aromatic heterocycles. The van der Waals surface area contributed by atoms with E-state index in [1.54, 1.807) is 0 Å². The lowest BCUT2D eigenvalue weighted by atomic mass is 10.1. The maximum atomic E-state index is 12.7. The van der Waals surface area contributed by atoms with Crippen molar-refractivity contribution in [1.29, 1.82) is 0 Å². The number of aromatic nitrogens is 2. The third-order valence-corrected chi connectivity index (χ3v) is 5.60. The van der Waals surface area contributed by atoms with Gasteiger partial charge in [0.05, 0.1) is 6.42 Å². The molecule has 1 aliphatic heterocycles. The van der Waals surface area contributed by atoms with Gasteiger partial charge >= 0.3 is 0 Å². The number of carbonyl (C=O) groups excluding carboxylic acids is 1. The molecule has 7 heteroatoms. The maximum Gasteiger partial charge on any atom is 0.227 e. The SMILES string of the molecule is Cc1ccc(Nc2cc(C)nc(N3CCN(C(=O)Cc4ccc(Cl)cc4)CC3)n2)cc1. The largest absolute Gasteiger partial charge is 0.340 e. The number of anilines is 3. The second-order valence-corrected chi connectivity index (χ2v) is 8.29. The Balaban J connectivity index is 1.37. The van der Waals surface area contributed by atoms with Crippen molar-refractivity contribution in [2.75, 3.05) is 36.4 Å². The Hall–Kier alpha value is -3.12. The molecule has 2 heterocycles. The number of benzene rings is 2. The van der Waals surface area contributed by atoms with Gasteiger partial charge in [-0.05, 0) is 43.7 Å². The third-order valence-electron chi connectivity index (χ3n) is 5.35. The minimum absolute atomic E-state index is 0.133. The van der Waals surface area contributed by atoms with Crippen molar-refractivity contribution < 1.29 is 4.79 Å². The fourth-order valence-electron chi connectivity index (χ4n) is 3.59. The van der Waals surface area contributed by atoms with Gasteiger partial charge in [0.15, 0.2) is 0 Å². The molecule has 1 fully saturated rings.